The maximum Gasteiger partial charge on any atom is 0.341 e. The first-order valence-corrected chi connectivity index (χ1v) is 9.72. The van der Waals surface area contributed by atoms with E-state index in [4.69, 9.17) is 14.2 Å². The molecule has 8 heteroatoms. The van der Waals surface area contributed by atoms with Crippen molar-refractivity contribution in [1.82, 2.24) is 4.57 Å². The number of methoxy groups -OCH3 is 2. The Labute approximate surface area is 174 Å². The molecule has 0 radical (unpaired) electrons. The Hall–Kier alpha value is -2.84. The molecule has 0 bridgehead atoms. The summed E-state index contributed by atoms with van der Waals surface area (Å²) < 4.78 is 18.1. The molecule has 1 aromatic heterocycles. The highest BCUT2D eigenvalue weighted by atomic mass is 16.5. The van der Waals surface area contributed by atoms with Gasteiger partial charge in [-0.1, -0.05) is 0 Å². The maximum absolute atomic E-state index is 12.4. The molecule has 0 spiro atoms. The van der Waals surface area contributed by atoms with E-state index in [2.05, 4.69) is 0 Å². The molecule has 2 aromatic rings. The normalized spacial score (nSPS) is 15.3. The predicted octanol–water partition coefficient (Wildman–Crippen LogP) is 2.51. The smallest absolute Gasteiger partial charge is 0.341 e. The van der Waals surface area contributed by atoms with E-state index in [0.29, 0.717) is 36.8 Å². The van der Waals surface area contributed by atoms with Gasteiger partial charge in [0, 0.05) is 38.0 Å². The number of pyridine rings is 1. The molecule has 2 heterocycles. The van der Waals surface area contributed by atoms with E-state index in [9.17, 15) is 19.8 Å². The summed E-state index contributed by atoms with van der Waals surface area (Å²) in [5.41, 5.74) is 0.0771. The zero-order valence-corrected chi connectivity index (χ0v) is 17.6. The van der Waals surface area contributed by atoms with Crippen LogP contribution in [0.25, 0.3) is 11.3 Å². The molecule has 8 nitrogen and oxygen atoms in total. The Balaban J connectivity index is 2.14. The molecule has 0 fully saturated rings. The summed E-state index contributed by atoms with van der Waals surface area (Å²) in [6, 6.07) is 4.48. The topological polar surface area (TPSA) is 107 Å². The molecule has 0 saturated heterocycles. The van der Waals surface area contributed by atoms with Gasteiger partial charge in [-0.2, -0.15) is 0 Å². The predicted molar refractivity (Wildman–Crippen MR) is 111 cm³/mol. The summed E-state index contributed by atoms with van der Waals surface area (Å²) in [6.45, 7) is 4.36. The van der Waals surface area contributed by atoms with Crippen LogP contribution >= 0.6 is 0 Å². The fourth-order valence-corrected chi connectivity index (χ4v) is 3.75. The first-order valence-electron chi connectivity index (χ1n) is 9.72. The molecule has 0 saturated carbocycles. The number of nitrogens with zero attached hydrogens (tertiary/aromatic N) is 1. The number of hydrogen-bond donors (Lipinski definition) is 2. The number of carbonyl (C=O) groups is 1. The van der Waals surface area contributed by atoms with Crippen molar-refractivity contribution in [2.24, 2.45) is 0 Å². The molecule has 3 rings (SSSR count). The number of rotatable bonds is 8. The quantitative estimate of drug-likeness (QED) is 0.636. The highest BCUT2D eigenvalue weighted by molar-refractivity contribution is 5.88. The van der Waals surface area contributed by atoms with E-state index in [1.54, 1.807) is 31.6 Å². The van der Waals surface area contributed by atoms with Gasteiger partial charge in [0.25, 0.3) is 0 Å². The Morgan fingerprint density at radius 2 is 1.93 bits per heavy atom. The molecule has 1 aliphatic rings. The zero-order valence-electron chi connectivity index (χ0n) is 17.6. The van der Waals surface area contributed by atoms with Crippen molar-refractivity contribution in [3.63, 3.8) is 0 Å². The van der Waals surface area contributed by atoms with Crippen LogP contribution in [0.15, 0.2) is 29.2 Å². The maximum atomic E-state index is 12.4. The molecule has 30 heavy (non-hydrogen) atoms. The summed E-state index contributed by atoms with van der Waals surface area (Å²) in [6.07, 6.45) is 2.47. The fourth-order valence-electron chi connectivity index (χ4n) is 3.75. The summed E-state index contributed by atoms with van der Waals surface area (Å²) in [7, 11) is 3.16. The summed E-state index contributed by atoms with van der Waals surface area (Å²) in [5.74, 6) is -0.220. The van der Waals surface area contributed by atoms with Crippen LogP contribution in [0.2, 0.25) is 0 Å². The molecule has 2 N–H and O–H groups in total. The van der Waals surface area contributed by atoms with Crippen LogP contribution < -0.4 is 14.9 Å². The number of benzene rings is 1. The van der Waals surface area contributed by atoms with E-state index in [1.807, 2.05) is 6.07 Å². The third kappa shape index (κ3) is 4.20. The van der Waals surface area contributed by atoms with Crippen molar-refractivity contribution >= 4 is 5.97 Å². The third-order valence-corrected chi connectivity index (χ3v) is 5.29. The lowest BCUT2D eigenvalue weighted by Crippen LogP contribution is -2.38. The van der Waals surface area contributed by atoms with Crippen molar-refractivity contribution in [1.29, 1.82) is 0 Å². The van der Waals surface area contributed by atoms with Crippen molar-refractivity contribution < 1.29 is 29.2 Å². The number of aromatic nitrogens is 1. The minimum absolute atomic E-state index is 0.332. The Bertz CT molecular complexity index is 1000. The van der Waals surface area contributed by atoms with Gasteiger partial charge in [0.05, 0.1) is 31.1 Å². The molecule has 0 amide bonds. The van der Waals surface area contributed by atoms with Gasteiger partial charge < -0.3 is 29.0 Å². The first kappa shape index (κ1) is 21.9. The summed E-state index contributed by atoms with van der Waals surface area (Å²) >= 11 is 0. The van der Waals surface area contributed by atoms with Crippen LogP contribution in [0.4, 0.5) is 0 Å². The molecule has 1 aromatic carbocycles. The average Bonchev–Trinajstić information content (AvgIpc) is 2.68. The highest BCUT2D eigenvalue weighted by Crippen LogP contribution is 2.43. The SMILES string of the molecule is COCCCOc1cc2c(cc1OC)-c1cc(=O)c(C(=O)O)cn1C(C(C)(C)O)C2. The van der Waals surface area contributed by atoms with Gasteiger partial charge in [-0.25, -0.2) is 4.79 Å². The van der Waals surface area contributed by atoms with Gasteiger partial charge in [0.1, 0.15) is 5.56 Å². The molecule has 162 valence electrons. The second-order valence-electron chi connectivity index (χ2n) is 7.88. The standard InChI is InChI=1S/C22H27NO7/c1-22(2,27)20-9-13-8-19(30-7-5-6-28-3)18(29-4)10-14(13)16-11-17(24)15(21(25)26)12-23(16)20/h8,10-12,20,27H,5-7,9H2,1-4H3,(H,25,26). The van der Waals surface area contributed by atoms with Crippen molar-refractivity contribution in [3.05, 3.63) is 45.7 Å². The van der Waals surface area contributed by atoms with E-state index in [1.165, 1.54) is 19.4 Å². The fraction of sp³-hybridized carbons (Fsp3) is 0.455. The van der Waals surface area contributed by atoms with Crippen LogP contribution in [0.3, 0.4) is 0 Å². The number of fused-ring (bicyclic) bond motifs is 3. The lowest BCUT2D eigenvalue weighted by atomic mass is 9.85. The number of hydrogen-bond acceptors (Lipinski definition) is 6. The van der Waals surface area contributed by atoms with Gasteiger partial charge in [-0.3, -0.25) is 4.79 Å². The minimum Gasteiger partial charge on any atom is -0.493 e. The number of ether oxygens (including phenoxy) is 3. The van der Waals surface area contributed by atoms with Gasteiger partial charge >= 0.3 is 5.97 Å². The molecule has 0 aliphatic carbocycles. The van der Waals surface area contributed by atoms with Gasteiger partial charge in [0.2, 0.25) is 0 Å². The van der Waals surface area contributed by atoms with E-state index in [-0.39, 0.29) is 5.56 Å². The van der Waals surface area contributed by atoms with Crippen molar-refractivity contribution in [3.8, 4) is 22.8 Å². The molecular weight excluding hydrogens is 390 g/mol. The number of aliphatic hydroxyl groups is 1. The Morgan fingerprint density at radius 3 is 2.53 bits per heavy atom. The van der Waals surface area contributed by atoms with Gasteiger partial charge in [-0.05, 0) is 38.0 Å². The largest absolute Gasteiger partial charge is 0.493 e. The monoisotopic (exact) mass is 417 g/mol. The van der Waals surface area contributed by atoms with Crippen molar-refractivity contribution in [2.45, 2.75) is 38.3 Å². The van der Waals surface area contributed by atoms with E-state index in [0.717, 1.165) is 17.5 Å². The second-order valence-corrected chi connectivity index (χ2v) is 7.88. The van der Waals surface area contributed by atoms with Crippen molar-refractivity contribution in [2.75, 3.05) is 27.4 Å². The van der Waals surface area contributed by atoms with E-state index >= 15 is 0 Å². The zero-order chi connectivity index (χ0) is 22.1. The first-order chi connectivity index (χ1) is 14.2. The lowest BCUT2D eigenvalue weighted by Gasteiger charge is -2.38. The van der Waals surface area contributed by atoms with Crippen LogP contribution in [0, 0.1) is 0 Å². The van der Waals surface area contributed by atoms with Crippen LogP contribution in [-0.4, -0.2) is 53.8 Å². The summed E-state index contributed by atoms with van der Waals surface area (Å²) in [4.78, 5) is 23.9. The average molecular weight is 417 g/mol. The number of carboxylic acids is 1. The molecule has 1 unspecified atom stereocenters. The second kappa shape index (κ2) is 8.49. The Morgan fingerprint density at radius 1 is 1.20 bits per heavy atom. The molecular formula is C22H27NO7. The number of aromatic carboxylic acids is 1. The summed E-state index contributed by atoms with van der Waals surface area (Å²) in [5, 5.41) is 20.1. The van der Waals surface area contributed by atoms with Crippen LogP contribution in [-0.2, 0) is 11.2 Å². The highest BCUT2D eigenvalue weighted by Gasteiger charge is 2.35. The van der Waals surface area contributed by atoms with Gasteiger partial charge in [0.15, 0.2) is 16.9 Å². The van der Waals surface area contributed by atoms with E-state index < -0.39 is 23.0 Å². The Kier molecular flexibility index (Phi) is 6.19. The minimum atomic E-state index is -1.30. The molecule has 1 aliphatic heterocycles. The van der Waals surface area contributed by atoms with Gasteiger partial charge in [-0.15, -0.1) is 0 Å². The number of carboxylic acid groups (broad SMARTS) is 1. The van der Waals surface area contributed by atoms with Crippen LogP contribution in [0.1, 0.15) is 42.2 Å². The molecule has 1 atom stereocenters. The third-order valence-electron chi connectivity index (χ3n) is 5.29. The lowest BCUT2D eigenvalue weighted by molar-refractivity contribution is 0.0220. The van der Waals surface area contributed by atoms with Crippen LogP contribution in [0.5, 0.6) is 11.5 Å².